The molecule has 0 atom stereocenters. The Bertz CT molecular complexity index is 571. The minimum Gasteiger partial charge on any atom is -0.354 e. The molecule has 0 unspecified atom stereocenters. The Kier molecular flexibility index (Phi) is 3.53. The molecule has 0 heterocycles. The molecule has 0 aromatic heterocycles. The molecule has 0 bridgehead atoms. The Balaban J connectivity index is 2.26. The van der Waals surface area contributed by atoms with Crippen LogP contribution in [0.1, 0.15) is 5.56 Å². The van der Waals surface area contributed by atoms with E-state index in [9.17, 15) is 0 Å². The molecule has 2 aromatic rings. The number of nitrogens with zero attached hydrogens (tertiary/aromatic N) is 1. The number of hydrogen-bond donors (Lipinski definition) is 1. The lowest BCUT2D eigenvalue weighted by Crippen LogP contribution is -1.91. The van der Waals surface area contributed by atoms with E-state index in [0.717, 1.165) is 11.4 Å². The van der Waals surface area contributed by atoms with Gasteiger partial charge < -0.3 is 5.32 Å². The molecular formula is C13H8Cl2N2. The molecule has 0 aliphatic rings. The third-order valence-electron chi connectivity index (χ3n) is 2.24. The van der Waals surface area contributed by atoms with Gasteiger partial charge in [-0.05, 0) is 36.4 Å². The summed E-state index contributed by atoms with van der Waals surface area (Å²) in [5, 5.41) is 12.8. The molecule has 0 radical (unpaired) electrons. The first-order valence-electron chi connectivity index (χ1n) is 4.92. The van der Waals surface area contributed by atoms with Crippen molar-refractivity contribution in [1.82, 2.24) is 0 Å². The first-order chi connectivity index (χ1) is 8.20. The average molecular weight is 263 g/mol. The van der Waals surface area contributed by atoms with Crippen LogP contribution in [0.5, 0.6) is 0 Å². The van der Waals surface area contributed by atoms with E-state index in [-0.39, 0.29) is 0 Å². The minimum atomic E-state index is 0.485. The zero-order chi connectivity index (χ0) is 12.3. The normalized spacial score (nSPS) is 9.71. The summed E-state index contributed by atoms with van der Waals surface area (Å²) >= 11 is 12.0. The predicted molar refractivity (Wildman–Crippen MR) is 70.9 cm³/mol. The Hall–Kier alpha value is -1.69. The number of halogens is 2. The fourth-order valence-corrected chi connectivity index (χ4v) is 1.73. The molecule has 84 valence electrons. The Morgan fingerprint density at radius 2 is 1.71 bits per heavy atom. The topological polar surface area (TPSA) is 35.8 Å². The van der Waals surface area contributed by atoms with Crippen molar-refractivity contribution in [2.75, 3.05) is 5.32 Å². The number of hydrogen-bond acceptors (Lipinski definition) is 2. The summed E-state index contributed by atoms with van der Waals surface area (Å²) in [6.07, 6.45) is 0. The Morgan fingerprint density at radius 1 is 1.00 bits per heavy atom. The first kappa shape index (κ1) is 11.8. The smallest absolute Gasteiger partial charge is 0.0991 e. The fourth-order valence-electron chi connectivity index (χ4n) is 1.38. The highest BCUT2D eigenvalue weighted by molar-refractivity contribution is 6.43. The third kappa shape index (κ3) is 2.71. The lowest BCUT2D eigenvalue weighted by Gasteiger charge is -2.09. The van der Waals surface area contributed by atoms with Crippen molar-refractivity contribution in [3.05, 3.63) is 58.1 Å². The second-order valence-corrected chi connectivity index (χ2v) is 4.20. The van der Waals surface area contributed by atoms with E-state index in [1.165, 1.54) is 0 Å². The van der Waals surface area contributed by atoms with Crippen LogP contribution in [0.3, 0.4) is 0 Å². The van der Waals surface area contributed by atoms with E-state index >= 15 is 0 Å². The van der Waals surface area contributed by atoms with E-state index < -0.39 is 0 Å². The average Bonchev–Trinajstić information content (AvgIpc) is 2.36. The van der Waals surface area contributed by atoms with Gasteiger partial charge in [0.25, 0.3) is 0 Å². The molecule has 2 aromatic carbocycles. The van der Waals surface area contributed by atoms with Crippen molar-refractivity contribution in [1.29, 1.82) is 5.26 Å². The molecule has 2 rings (SSSR count). The monoisotopic (exact) mass is 262 g/mol. The van der Waals surface area contributed by atoms with Crippen LogP contribution in [0.4, 0.5) is 11.4 Å². The lowest BCUT2D eigenvalue weighted by molar-refractivity contribution is 1.47. The number of nitrogens with one attached hydrogen (secondary N) is 1. The summed E-state index contributed by atoms with van der Waals surface area (Å²) in [6.45, 7) is 0. The van der Waals surface area contributed by atoms with Crippen LogP contribution in [0.25, 0.3) is 0 Å². The van der Waals surface area contributed by atoms with Gasteiger partial charge >= 0.3 is 0 Å². The van der Waals surface area contributed by atoms with Gasteiger partial charge in [0.05, 0.1) is 27.4 Å². The maximum Gasteiger partial charge on any atom is 0.0991 e. The molecule has 2 nitrogen and oxygen atoms in total. The number of nitriles is 1. The minimum absolute atomic E-state index is 0.485. The Labute approximate surface area is 109 Å². The molecule has 0 amide bonds. The summed E-state index contributed by atoms with van der Waals surface area (Å²) in [5.41, 5.74) is 2.21. The van der Waals surface area contributed by atoms with Crippen molar-refractivity contribution in [2.24, 2.45) is 0 Å². The third-order valence-corrected chi connectivity index (χ3v) is 3.06. The fraction of sp³-hybridized carbons (Fsp3) is 0. The highest BCUT2D eigenvalue weighted by Gasteiger charge is 2.04. The van der Waals surface area contributed by atoms with Crippen LogP contribution < -0.4 is 5.32 Å². The van der Waals surface area contributed by atoms with Crippen LogP contribution in [-0.4, -0.2) is 0 Å². The van der Waals surface area contributed by atoms with Crippen LogP contribution >= 0.6 is 23.2 Å². The van der Waals surface area contributed by atoms with E-state index in [1.54, 1.807) is 18.2 Å². The molecule has 0 saturated carbocycles. The lowest BCUT2D eigenvalue weighted by atomic mass is 10.2. The maximum atomic E-state index is 8.69. The van der Waals surface area contributed by atoms with E-state index in [4.69, 9.17) is 28.5 Å². The summed E-state index contributed by atoms with van der Waals surface area (Å²) in [4.78, 5) is 0. The SMILES string of the molecule is N#Cc1ccc(Nc2cccc(Cl)c2Cl)cc1. The van der Waals surface area contributed by atoms with Gasteiger partial charge in [0.2, 0.25) is 0 Å². The number of anilines is 2. The van der Waals surface area contributed by atoms with Crippen LogP contribution in [0.15, 0.2) is 42.5 Å². The van der Waals surface area contributed by atoms with Gasteiger partial charge in [-0.25, -0.2) is 0 Å². The quantitative estimate of drug-likeness (QED) is 0.858. The van der Waals surface area contributed by atoms with Crippen molar-refractivity contribution in [2.45, 2.75) is 0 Å². The second-order valence-electron chi connectivity index (χ2n) is 3.42. The van der Waals surface area contributed by atoms with Gasteiger partial charge in [-0.1, -0.05) is 29.3 Å². The molecular weight excluding hydrogens is 255 g/mol. The maximum absolute atomic E-state index is 8.69. The van der Waals surface area contributed by atoms with Gasteiger partial charge in [0.15, 0.2) is 0 Å². The van der Waals surface area contributed by atoms with Crippen LogP contribution in [-0.2, 0) is 0 Å². The van der Waals surface area contributed by atoms with E-state index in [1.807, 2.05) is 24.3 Å². The van der Waals surface area contributed by atoms with E-state index in [0.29, 0.717) is 15.6 Å². The highest BCUT2D eigenvalue weighted by atomic mass is 35.5. The van der Waals surface area contributed by atoms with Crippen molar-refractivity contribution >= 4 is 34.6 Å². The molecule has 1 N–H and O–H groups in total. The highest BCUT2D eigenvalue weighted by Crippen LogP contribution is 2.31. The molecule has 4 heteroatoms. The standard InChI is InChI=1S/C13H8Cl2N2/c14-11-2-1-3-12(13(11)15)17-10-6-4-9(8-16)5-7-10/h1-7,17H. The van der Waals surface area contributed by atoms with Gasteiger partial charge in [-0.3, -0.25) is 0 Å². The zero-order valence-electron chi connectivity index (χ0n) is 8.74. The second kappa shape index (κ2) is 5.09. The van der Waals surface area contributed by atoms with Gasteiger partial charge in [-0.15, -0.1) is 0 Å². The molecule has 0 saturated heterocycles. The molecule has 0 aliphatic carbocycles. The molecule has 0 aliphatic heterocycles. The van der Waals surface area contributed by atoms with Crippen molar-refractivity contribution < 1.29 is 0 Å². The number of benzene rings is 2. The zero-order valence-corrected chi connectivity index (χ0v) is 10.3. The van der Waals surface area contributed by atoms with Gasteiger partial charge in [0.1, 0.15) is 0 Å². The van der Waals surface area contributed by atoms with Crippen molar-refractivity contribution in [3.63, 3.8) is 0 Å². The largest absolute Gasteiger partial charge is 0.354 e. The van der Waals surface area contributed by atoms with Gasteiger partial charge in [0, 0.05) is 5.69 Å². The van der Waals surface area contributed by atoms with Crippen LogP contribution in [0.2, 0.25) is 10.0 Å². The molecule has 0 spiro atoms. The number of rotatable bonds is 2. The first-order valence-corrected chi connectivity index (χ1v) is 5.67. The Morgan fingerprint density at radius 3 is 2.35 bits per heavy atom. The summed E-state index contributed by atoms with van der Waals surface area (Å²) in [7, 11) is 0. The van der Waals surface area contributed by atoms with E-state index in [2.05, 4.69) is 11.4 Å². The summed E-state index contributed by atoms with van der Waals surface area (Å²) in [5.74, 6) is 0. The molecule has 17 heavy (non-hydrogen) atoms. The summed E-state index contributed by atoms with van der Waals surface area (Å²) < 4.78 is 0. The van der Waals surface area contributed by atoms with Gasteiger partial charge in [-0.2, -0.15) is 5.26 Å². The van der Waals surface area contributed by atoms with Crippen LogP contribution in [0, 0.1) is 11.3 Å². The van der Waals surface area contributed by atoms with Crippen molar-refractivity contribution in [3.8, 4) is 6.07 Å². The summed E-state index contributed by atoms with van der Waals surface area (Å²) in [6, 6.07) is 14.6. The predicted octanol–water partition coefficient (Wildman–Crippen LogP) is 4.61. The molecule has 0 fully saturated rings.